The van der Waals surface area contributed by atoms with Gasteiger partial charge in [-0.1, -0.05) is 73.5 Å². The fraction of sp³-hybridized carbons (Fsp3) is 0.391. The Morgan fingerprint density at radius 2 is 1.75 bits per heavy atom. The molecule has 1 N–H and O–H groups in total. The minimum Gasteiger partial charge on any atom is -0.354 e. The third kappa shape index (κ3) is 6.68. The number of aryl methyl sites for hydroxylation is 1. The molecule has 150 valence electrons. The van der Waals surface area contributed by atoms with Gasteiger partial charge in [0.05, 0.1) is 0 Å². The summed E-state index contributed by atoms with van der Waals surface area (Å²) in [6.07, 6.45) is 2.92. The number of carbonyl (C=O) groups excluding carboxylic acids is 2. The first kappa shape index (κ1) is 22.0. The van der Waals surface area contributed by atoms with Crippen LogP contribution in [0.2, 0.25) is 5.02 Å². The lowest BCUT2D eigenvalue weighted by Crippen LogP contribution is -2.47. The molecular weight excluding hydrogens is 372 g/mol. The number of benzene rings is 2. The lowest BCUT2D eigenvalue weighted by molar-refractivity contribution is -0.140. The Morgan fingerprint density at radius 3 is 2.43 bits per heavy atom. The quantitative estimate of drug-likeness (QED) is 0.592. The number of nitrogens with one attached hydrogen (secondary N) is 1. The van der Waals surface area contributed by atoms with Crippen molar-refractivity contribution in [1.82, 2.24) is 10.2 Å². The van der Waals surface area contributed by atoms with Crippen molar-refractivity contribution in [2.45, 2.75) is 52.1 Å². The van der Waals surface area contributed by atoms with Gasteiger partial charge in [0.25, 0.3) is 0 Å². The first-order valence-corrected chi connectivity index (χ1v) is 10.2. The van der Waals surface area contributed by atoms with Gasteiger partial charge in [-0.25, -0.2) is 0 Å². The van der Waals surface area contributed by atoms with Crippen LogP contribution >= 0.6 is 11.6 Å². The minimum atomic E-state index is -0.559. The Morgan fingerprint density at radius 1 is 1.07 bits per heavy atom. The van der Waals surface area contributed by atoms with E-state index in [9.17, 15) is 9.59 Å². The van der Waals surface area contributed by atoms with Gasteiger partial charge in [-0.2, -0.15) is 0 Å². The number of unbranched alkanes of at least 4 members (excludes halogenated alkanes) is 1. The molecule has 0 fully saturated rings. The van der Waals surface area contributed by atoms with E-state index in [0.29, 0.717) is 31.0 Å². The van der Waals surface area contributed by atoms with E-state index in [1.54, 1.807) is 17.9 Å². The first-order valence-electron chi connectivity index (χ1n) is 9.87. The summed E-state index contributed by atoms with van der Waals surface area (Å²) in [5.41, 5.74) is 1.94. The lowest BCUT2D eigenvalue weighted by atomic mass is 10.1. The molecule has 2 aromatic carbocycles. The van der Waals surface area contributed by atoms with Crippen LogP contribution in [0.25, 0.3) is 0 Å². The predicted molar refractivity (Wildman–Crippen MR) is 114 cm³/mol. The zero-order valence-corrected chi connectivity index (χ0v) is 17.4. The molecule has 0 aromatic heterocycles. The molecule has 5 heteroatoms. The highest BCUT2D eigenvalue weighted by atomic mass is 35.5. The smallest absolute Gasteiger partial charge is 0.242 e. The highest BCUT2D eigenvalue weighted by Crippen LogP contribution is 2.19. The zero-order chi connectivity index (χ0) is 20.4. The van der Waals surface area contributed by atoms with E-state index in [2.05, 4.69) is 12.2 Å². The van der Waals surface area contributed by atoms with Crippen molar-refractivity contribution in [2.75, 3.05) is 6.54 Å². The highest BCUT2D eigenvalue weighted by Gasteiger charge is 2.26. The van der Waals surface area contributed by atoms with E-state index in [0.717, 1.165) is 24.0 Å². The molecule has 0 radical (unpaired) electrons. The monoisotopic (exact) mass is 400 g/mol. The molecule has 4 nitrogen and oxygen atoms in total. The standard InChI is InChI=1S/C23H29ClN2O2/c1-3-4-16-25-23(28)18(2)26(17-20-12-8-9-13-21(20)24)22(27)15-14-19-10-6-5-7-11-19/h5-13,18H,3-4,14-17H2,1-2H3,(H,25,28). The third-order valence-corrected chi connectivity index (χ3v) is 5.13. The van der Waals surface area contributed by atoms with Gasteiger partial charge < -0.3 is 10.2 Å². The fourth-order valence-corrected chi connectivity index (χ4v) is 3.16. The molecule has 0 aliphatic carbocycles. The van der Waals surface area contributed by atoms with Crippen LogP contribution in [0.1, 0.15) is 44.2 Å². The van der Waals surface area contributed by atoms with Gasteiger partial charge in [-0.15, -0.1) is 0 Å². The second-order valence-electron chi connectivity index (χ2n) is 6.92. The molecule has 0 spiro atoms. The van der Waals surface area contributed by atoms with Crippen molar-refractivity contribution in [3.63, 3.8) is 0 Å². The molecule has 2 amide bonds. The van der Waals surface area contributed by atoms with Crippen molar-refractivity contribution in [2.24, 2.45) is 0 Å². The molecule has 0 aliphatic rings. The van der Waals surface area contributed by atoms with Crippen LogP contribution in [0.15, 0.2) is 54.6 Å². The number of amides is 2. The molecule has 0 bridgehead atoms. The number of rotatable bonds is 10. The third-order valence-electron chi connectivity index (χ3n) is 4.77. The maximum atomic E-state index is 13.0. The second-order valence-corrected chi connectivity index (χ2v) is 7.33. The number of hydrogen-bond donors (Lipinski definition) is 1. The van der Waals surface area contributed by atoms with Crippen LogP contribution in [-0.2, 0) is 22.6 Å². The van der Waals surface area contributed by atoms with Crippen molar-refractivity contribution < 1.29 is 9.59 Å². The van der Waals surface area contributed by atoms with Gasteiger partial charge in [0.15, 0.2) is 0 Å². The molecule has 2 aromatic rings. The first-order chi connectivity index (χ1) is 13.5. The van der Waals surface area contributed by atoms with Gasteiger partial charge in [0.2, 0.25) is 11.8 Å². The Labute approximate surface area is 172 Å². The van der Waals surface area contributed by atoms with E-state index in [1.165, 1.54) is 0 Å². The van der Waals surface area contributed by atoms with Crippen LogP contribution in [0.5, 0.6) is 0 Å². The van der Waals surface area contributed by atoms with E-state index in [4.69, 9.17) is 11.6 Å². The predicted octanol–water partition coefficient (Wildman–Crippen LogP) is 4.61. The fourth-order valence-electron chi connectivity index (χ4n) is 2.97. The summed E-state index contributed by atoms with van der Waals surface area (Å²) in [7, 11) is 0. The maximum absolute atomic E-state index is 13.0. The molecular formula is C23H29ClN2O2. The molecule has 0 aliphatic heterocycles. The lowest BCUT2D eigenvalue weighted by Gasteiger charge is -2.29. The molecule has 1 atom stereocenters. The molecule has 0 saturated carbocycles. The van der Waals surface area contributed by atoms with Crippen LogP contribution < -0.4 is 5.32 Å². The Bertz CT molecular complexity index is 764. The average molecular weight is 401 g/mol. The van der Waals surface area contributed by atoms with Crippen molar-refractivity contribution in [3.05, 3.63) is 70.7 Å². The number of hydrogen-bond acceptors (Lipinski definition) is 2. The Kier molecular flexibility index (Phi) is 9.02. The number of carbonyl (C=O) groups is 2. The average Bonchev–Trinajstić information content (AvgIpc) is 2.71. The van der Waals surface area contributed by atoms with E-state index in [-0.39, 0.29) is 11.8 Å². The molecule has 1 unspecified atom stereocenters. The normalized spacial score (nSPS) is 11.7. The summed E-state index contributed by atoms with van der Waals surface area (Å²) in [6, 6.07) is 16.8. The van der Waals surface area contributed by atoms with Gasteiger partial charge in [-0.3, -0.25) is 9.59 Å². The summed E-state index contributed by atoms with van der Waals surface area (Å²) < 4.78 is 0. The van der Waals surface area contributed by atoms with Crippen LogP contribution in [0.4, 0.5) is 0 Å². The summed E-state index contributed by atoms with van der Waals surface area (Å²) in [4.78, 5) is 27.2. The number of halogens is 1. The Balaban J connectivity index is 2.11. The van der Waals surface area contributed by atoms with Crippen LogP contribution in [0, 0.1) is 0 Å². The van der Waals surface area contributed by atoms with Crippen molar-refractivity contribution >= 4 is 23.4 Å². The van der Waals surface area contributed by atoms with Gasteiger partial charge in [0, 0.05) is 24.5 Å². The van der Waals surface area contributed by atoms with Gasteiger partial charge in [0.1, 0.15) is 6.04 Å². The molecule has 0 saturated heterocycles. The molecule has 2 rings (SSSR count). The molecule has 0 heterocycles. The highest BCUT2D eigenvalue weighted by molar-refractivity contribution is 6.31. The summed E-state index contributed by atoms with van der Waals surface area (Å²) in [6.45, 7) is 4.79. The Hall–Kier alpha value is -2.33. The summed E-state index contributed by atoms with van der Waals surface area (Å²) in [5, 5.41) is 3.53. The van der Waals surface area contributed by atoms with Gasteiger partial charge in [-0.05, 0) is 37.0 Å². The zero-order valence-electron chi connectivity index (χ0n) is 16.7. The van der Waals surface area contributed by atoms with Crippen molar-refractivity contribution in [1.29, 1.82) is 0 Å². The minimum absolute atomic E-state index is 0.0538. The summed E-state index contributed by atoms with van der Waals surface area (Å²) >= 11 is 6.29. The van der Waals surface area contributed by atoms with Gasteiger partial charge >= 0.3 is 0 Å². The van der Waals surface area contributed by atoms with E-state index >= 15 is 0 Å². The SMILES string of the molecule is CCCCNC(=O)C(C)N(Cc1ccccc1Cl)C(=O)CCc1ccccc1. The van der Waals surface area contributed by atoms with Crippen LogP contribution in [0.3, 0.4) is 0 Å². The van der Waals surface area contributed by atoms with E-state index in [1.807, 2.05) is 48.5 Å². The summed E-state index contributed by atoms with van der Waals surface area (Å²) in [5.74, 6) is -0.185. The topological polar surface area (TPSA) is 49.4 Å². The largest absolute Gasteiger partial charge is 0.354 e. The van der Waals surface area contributed by atoms with E-state index < -0.39 is 6.04 Å². The molecule has 28 heavy (non-hydrogen) atoms. The number of nitrogens with zero attached hydrogens (tertiary/aromatic N) is 1. The van der Waals surface area contributed by atoms with Crippen molar-refractivity contribution in [3.8, 4) is 0 Å². The second kappa shape index (κ2) is 11.5. The van der Waals surface area contributed by atoms with Crippen LogP contribution in [-0.4, -0.2) is 29.3 Å². The maximum Gasteiger partial charge on any atom is 0.242 e.